The Kier molecular flexibility index (Phi) is 4.39. The molecule has 5 nitrogen and oxygen atoms in total. The number of carboxylic acid groups (broad SMARTS) is 1. The molecule has 3 atom stereocenters. The van der Waals surface area contributed by atoms with E-state index in [1.165, 1.54) is 0 Å². The zero-order chi connectivity index (χ0) is 14.7. The van der Waals surface area contributed by atoms with Gasteiger partial charge < -0.3 is 15.2 Å². The summed E-state index contributed by atoms with van der Waals surface area (Å²) in [6.07, 6.45) is -0.695. The lowest BCUT2D eigenvalue weighted by Gasteiger charge is -2.17. The van der Waals surface area contributed by atoms with Crippen LogP contribution in [0.5, 0.6) is 0 Å². The number of aliphatic carboxylic acids is 1. The van der Waals surface area contributed by atoms with Crippen LogP contribution in [0.4, 0.5) is 0 Å². The fourth-order valence-corrected chi connectivity index (χ4v) is 2.26. The summed E-state index contributed by atoms with van der Waals surface area (Å²) in [4.78, 5) is 22.8. The average Bonchev–Trinajstić information content (AvgIpc) is 2.89. The number of benzene rings is 1. The van der Waals surface area contributed by atoms with E-state index in [2.05, 4.69) is 5.32 Å². The molecule has 20 heavy (non-hydrogen) atoms. The molecule has 108 valence electrons. The van der Waals surface area contributed by atoms with Crippen LogP contribution in [0.2, 0.25) is 0 Å². The van der Waals surface area contributed by atoms with Gasteiger partial charge in [0.2, 0.25) is 5.91 Å². The predicted octanol–water partition coefficient (Wildman–Crippen LogP) is 1.80. The quantitative estimate of drug-likeness (QED) is 0.880. The minimum Gasteiger partial charge on any atom is -0.479 e. The van der Waals surface area contributed by atoms with Crippen LogP contribution < -0.4 is 5.32 Å². The fourth-order valence-electron chi connectivity index (χ4n) is 2.26. The Morgan fingerprint density at radius 3 is 2.40 bits per heavy atom. The van der Waals surface area contributed by atoms with Crippen molar-refractivity contribution < 1.29 is 19.4 Å². The normalized spacial score (nSPS) is 23.3. The molecule has 0 saturated carbocycles. The standard InChI is InChI=1S/C15H19NO4/c1-9-3-5-11(6-4-9)10(2)16-14(17)12-7-8-13(20-12)15(18)19/h3-6,10,12-13H,7-8H2,1-2H3,(H,16,17)(H,18,19)/t10-,12+,13-/m1/s1. The summed E-state index contributed by atoms with van der Waals surface area (Å²) >= 11 is 0. The topological polar surface area (TPSA) is 75.6 Å². The van der Waals surface area contributed by atoms with Gasteiger partial charge in [-0.2, -0.15) is 0 Å². The van der Waals surface area contributed by atoms with E-state index in [0.717, 1.165) is 11.1 Å². The number of carboxylic acids is 1. The first-order valence-electron chi connectivity index (χ1n) is 6.72. The minimum atomic E-state index is -1.01. The summed E-state index contributed by atoms with van der Waals surface area (Å²) in [5, 5.41) is 11.7. The van der Waals surface area contributed by atoms with Crippen LogP contribution in [0, 0.1) is 6.92 Å². The Morgan fingerprint density at radius 1 is 1.25 bits per heavy atom. The van der Waals surface area contributed by atoms with Crippen molar-refractivity contribution in [1.82, 2.24) is 5.32 Å². The average molecular weight is 277 g/mol. The van der Waals surface area contributed by atoms with Gasteiger partial charge in [0.05, 0.1) is 6.04 Å². The van der Waals surface area contributed by atoms with Crippen LogP contribution in [-0.4, -0.2) is 29.2 Å². The smallest absolute Gasteiger partial charge is 0.332 e. The van der Waals surface area contributed by atoms with E-state index < -0.39 is 18.2 Å². The number of aryl methyl sites for hydroxylation is 1. The lowest BCUT2D eigenvalue weighted by Crippen LogP contribution is -2.37. The third-order valence-electron chi connectivity index (χ3n) is 3.52. The van der Waals surface area contributed by atoms with E-state index >= 15 is 0 Å². The molecule has 1 aliphatic heterocycles. The Morgan fingerprint density at radius 2 is 1.85 bits per heavy atom. The summed E-state index contributed by atoms with van der Waals surface area (Å²) < 4.78 is 5.23. The van der Waals surface area contributed by atoms with E-state index in [1.54, 1.807) is 0 Å². The molecule has 0 aromatic heterocycles. The van der Waals surface area contributed by atoms with Gasteiger partial charge in [-0.25, -0.2) is 4.79 Å². The Labute approximate surface area is 117 Å². The molecule has 5 heteroatoms. The Bertz CT molecular complexity index is 497. The Hall–Kier alpha value is -1.88. The summed E-state index contributed by atoms with van der Waals surface area (Å²) in [5.41, 5.74) is 2.17. The molecule has 1 heterocycles. The van der Waals surface area contributed by atoms with Gasteiger partial charge in [0, 0.05) is 0 Å². The molecule has 2 N–H and O–H groups in total. The van der Waals surface area contributed by atoms with Crippen molar-refractivity contribution in [3.05, 3.63) is 35.4 Å². The molecule has 0 radical (unpaired) electrons. The zero-order valence-corrected chi connectivity index (χ0v) is 11.6. The molecular formula is C15H19NO4. The number of amides is 1. The molecule has 1 amide bonds. The number of carbonyl (C=O) groups excluding carboxylic acids is 1. The SMILES string of the molecule is Cc1ccc([C@@H](C)NC(=O)[C@@H]2CC[C@H](C(=O)O)O2)cc1. The van der Waals surface area contributed by atoms with Gasteiger partial charge in [-0.3, -0.25) is 4.79 Å². The number of carbonyl (C=O) groups is 2. The third kappa shape index (κ3) is 3.36. The molecule has 0 spiro atoms. The van der Waals surface area contributed by atoms with Crippen molar-refractivity contribution >= 4 is 11.9 Å². The molecule has 1 aliphatic rings. The summed E-state index contributed by atoms with van der Waals surface area (Å²) in [5.74, 6) is -1.26. The molecule has 1 saturated heterocycles. The Balaban J connectivity index is 1.91. The van der Waals surface area contributed by atoms with Crippen LogP contribution in [0.1, 0.15) is 36.9 Å². The summed E-state index contributed by atoms with van der Waals surface area (Å²) in [7, 11) is 0. The zero-order valence-electron chi connectivity index (χ0n) is 11.6. The van der Waals surface area contributed by atoms with Crippen molar-refractivity contribution in [3.63, 3.8) is 0 Å². The molecule has 1 fully saturated rings. The van der Waals surface area contributed by atoms with Crippen LogP contribution in [0.25, 0.3) is 0 Å². The molecule has 2 rings (SSSR count). The number of ether oxygens (including phenoxy) is 1. The second-order valence-corrected chi connectivity index (χ2v) is 5.17. The largest absolute Gasteiger partial charge is 0.479 e. The van der Waals surface area contributed by atoms with Crippen molar-refractivity contribution in [3.8, 4) is 0 Å². The van der Waals surface area contributed by atoms with Crippen LogP contribution in [-0.2, 0) is 14.3 Å². The lowest BCUT2D eigenvalue weighted by molar-refractivity contribution is -0.151. The van der Waals surface area contributed by atoms with Gasteiger partial charge in [-0.05, 0) is 32.3 Å². The molecule has 0 unspecified atom stereocenters. The maximum absolute atomic E-state index is 12.0. The number of hydrogen-bond donors (Lipinski definition) is 2. The maximum atomic E-state index is 12.0. The highest BCUT2D eigenvalue weighted by molar-refractivity contribution is 5.83. The molecule has 1 aromatic rings. The second-order valence-electron chi connectivity index (χ2n) is 5.17. The highest BCUT2D eigenvalue weighted by atomic mass is 16.5. The number of hydrogen-bond acceptors (Lipinski definition) is 3. The first kappa shape index (κ1) is 14.5. The molecule has 0 aliphatic carbocycles. The highest BCUT2D eigenvalue weighted by Gasteiger charge is 2.35. The van der Waals surface area contributed by atoms with E-state index in [1.807, 2.05) is 38.1 Å². The van der Waals surface area contributed by atoms with Crippen molar-refractivity contribution in [1.29, 1.82) is 0 Å². The summed E-state index contributed by atoms with van der Waals surface area (Å²) in [6.45, 7) is 3.90. The monoisotopic (exact) mass is 277 g/mol. The van der Waals surface area contributed by atoms with Crippen LogP contribution in [0.3, 0.4) is 0 Å². The molecule has 0 bridgehead atoms. The van der Waals surface area contributed by atoms with Crippen molar-refractivity contribution in [2.45, 2.75) is 44.9 Å². The lowest BCUT2D eigenvalue weighted by atomic mass is 10.1. The van der Waals surface area contributed by atoms with E-state index in [4.69, 9.17) is 9.84 Å². The molecule has 1 aromatic carbocycles. The first-order valence-corrected chi connectivity index (χ1v) is 6.72. The van der Waals surface area contributed by atoms with Crippen molar-refractivity contribution in [2.24, 2.45) is 0 Å². The van der Waals surface area contributed by atoms with Crippen molar-refractivity contribution in [2.75, 3.05) is 0 Å². The van der Waals surface area contributed by atoms with E-state index in [9.17, 15) is 9.59 Å². The van der Waals surface area contributed by atoms with Crippen LogP contribution >= 0.6 is 0 Å². The number of nitrogens with one attached hydrogen (secondary N) is 1. The van der Waals surface area contributed by atoms with Crippen LogP contribution in [0.15, 0.2) is 24.3 Å². The highest BCUT2D eigenvalue weighted by Crippen LogP contribution is 2.21. The maximum Gasteiger partial charge on any atom is 0.332 e. The summed E-state index contributed by atoms with van der Waals surface area (Å²) in [6, 6.07) is 7.79. The minimum absolute atomic E-state index is 0.129. The van der Waals surface area contributed by atoms with Gasteiger partial charge in [0.15, 0.2) is 6.10 Å². The number of rotatable bonds is 4. The second kappa shape index (κ2) is 6.05. The van der Waals surface area contributed by atoms with E-state index in [-0.39, 0.29) is 11.9 Å². The fraction of sp³-hybridized carbons (Fsp3) is 0.467. The third-order valence-corrected chi connectivity index (χ3v) is 3.52. The van der Waals surface area contributed by atoms with E-state index in [0.29, 0.717) is 12.8 Å². The van der Waals surface area contributed by atoms with Gasteiger partial charge in [0.25, 0.3) is 0 Å². The molecular weight excluding hydrogens is 258 g/mol. The van der Waals surface area contributed by atoms with Gasteiger partial charge in [-0.15, -0.1) is 0 Å². The first-order chi connectivity index (χ1) is 9.47. The van der Waals surface area contributed by atoms with Gasteiger partial charge in [0.1, 0.15) is 6.10 Å². The predicted molar refractivity (Wildman–Crippen MR) is 73.3 cm³/mol. The van der Waals surface area contributed by atoms with Gasteiger partial charge in [-0.1, -0.05) is 29.8 Å². The van der Waals surface area contributed by atoms with Gasteiger partial charge >= 0.3 is 5.97 Å².